The molecular weight excluding hydrogens is 213 g/mol. The molecule has 17 heavy (non-hydrogen) atoms. The summed E-state index contributed by atoms with van der Waals surface area (Å²) in [6, 6.07) is 7.47. The fourth-order valence-corrected chi connectivity index (χ4v) is 2.63. The minimum absolute atomic E-state index is 0.128. The third-order valence-electron chi connectivity index (χ3n) is 3.76. The largest absolute Gasteiger partial charge is 0.207 e. The quantitative estimate of drug-likeness (QED) is 0.735. The molecule has 2 rings (SSSR count). The normalized spacial score (nSPS) is 18.6. The maximum Gasteiger partial charge on any atom is 0.126 e. The van der Waals surface area contributed by atoms with Crippen LogP contribution in [-0.4, -0.2) is 0 Å². The molecule has 0 spiro atoms. The lowest BCUT2D eigenvalue weighted by Gasteiger charge is -2.22. The number of hydrogen-bond donors (Lipinski definition) is 0. The zero-order chi connectivity index (χ0) is 12.3. The summed E-state index contributed by atoms with van der Waals surface area (Å²) >= 11 is 0. The Bertz CT molecular complexity index is 427. The molecule has 0 bridgehead atoms. The molecule has 1 nitrogen and oxygen atoms in total. The van der Waals surface area contributed by atoms with Crippen LogP contribution in [0.3, 0.4) is 0 Å². The molecule has 0 N–H and O–H groups in total. The summed E-state index contributed by atoms with van der Waals surface area (Å²) in [7, 11) is 0. The van der Waals surface area contributed by atoms with Crippen molar-refractivity contribution in [2.45, 2.75) is 50.9 Å². The molecule has 1 saturated carbocycles. The SMILES string of the molecule is CC(C#N)c1ccc(C2CCCCC2)c(F)c1. The standard InChI is InChI=1S/C15H18FN/c1-11(10-17)13-7-8-14(15(16)9-13)12-5-3-2-4-6-12/h7-9,11-12H,2-6H2,1H3. The first kappa shape index (κ1) is 12.1. The summed E-state index contributed by atoms with van der Waals surface area (Å²) < 4.78 is 14.0. The Balaban J connectivity index is 2.22. The van der Waals surface area contributed by atoms with Gasteiger partial charge >= 0.3 is 0 Å². The van der Waals surface area contributed by atoms with Gasteiger partial charge in [-0.15, -0.1) is 0 Å². The Morgan fingerprint density at radius 1 is 1.29 bits per heavy atom. The van der Waals surface area contributed by atoms with Crippen LogP contribution in [0.4, 0.5) is 4.39 Å². The molecule has 90 valence electrons. The number of nitriles is 1. The second-order valence-electron chi connectivity index (χ2n) is 4.97. The molecule has 1 aromatic carbocycles. The van der Waals surface area contributed by atoms with Gasteiger partial charge in [0.2, 0.25) is 0 Å². The van der Waals surface area contributed by atoms with E-state index in [2.05, 4.69) is 6.07 Å². The van der Waals surface area contributed by atoms with Crippen molar-refractivity contribution in [3.63, 3.8) is 0 Å². The molecule has 1 aromatic rings. The smallest absolute Gasteiger partial charge is 0.126 e. The van der Waals surface area contributed by atoms with Gasteiger partial charge in [0, 0.05) is 0 Å². The molecule has 1 unspecified atom stereocenters. The highest BCUT2D eigenvalue weighted by molar-refractivity contribution is 5.31. The van der Waals surface area contributed by atoms with Gasteiger partial charge in [0.25, 0.3) is 0 Å². The molecule has 0 saturated heterocycles. The van der Waals surface area contributed by atoms with Gasteiger partial charge in [-0.05, 0) is 42.9 Å². The topological polar surface area (TPSA) is 23.8 Å². The van der Waals surface area contributed by atoms with Crippen LogP contribution in [0.15, 0.2) is 18.2 Å². The van der Waals surface area contributed by atoms with Gasteiger partial charge in [-0.25, -0.2) is 4.39 Å². The molecule has 0 radical (unpaired) electrons. The average Bonchev–Trinajstić information content (AvgIpc) is 2.38. The van der Waals surface area contributed by atoms with Crippen molar-refractivity contribution in [1.29, 1.82) is 5.26 Å². The van der Waals surface area contributed by atoms with Crippen LogP contribution in [0, 0.1) is 17.1 Å². The minimum atomic E-state index is -0.232. The lowest BCUT2D eigenvalue weighted by Crippen LogP contribution is -2.07. The van der Waals surface area contributed by atoms with Crippen LogP contribution in [0.5, 0.6) is 0 Å². The van der Waals surface area contributed by atoms with E-state index in [0.717, 1.165) is 24.0 Å². The van der Waals surface area contributed by atoms with Crippen LogP contribution < -0.4 is 0 Å². The number of hydrogen-bond acceptors (Lipinski definition) is 1. The van der Waals surface area contributed by atoms with E-state index < -0.39 is 0 Å². The van der Waals surface area contributed by atoms with Gasteiger partial charge in [-0.3, -0.25) is 0 Å². The van der Waals surface area contributed by atoms with Gasteiger partial charge in [0.15, 0.2) is 0 Å². The second-order valence-corrected chi connectivity index (χ2v) is 4.97. The summed E-state index contributed by atoms with van der Waals surface area (Å²) in [6.07, 6.45) is 5.90. The molecule has 1 aliphatic carbocycles. The highest BCUT2D eigenvalue weighted by atomic mass is 19.1. The van der Waals surface area contributed by atoms with E-state index in [1.54, 1.807) is 6.92 Å². The van der Waals surface area contributed by atoms with Crippen molar-refractivity contribution in [3.8, 4) is 6.07 Å². The van der Waals surface area contributed by atoms with Crippen molar-refractivity contribution in [2.75, 3.05) is 0 Å². The first-order valence-electron chi connectivity index (χ1n) is 6.41. The third-order valence-corrected chi connectivity index (χ3v) is 3.76. The van der Waals surface area contributed by atoms with Crippen LogP contribution >= 0.6 is 0 Å². The zero-order valence-electron chi connectivity index (χ0n) is 10.2. The molecule has 0 aliphatic heterocycles. The highest BCUT2D eigenvalue weighted by Gasteiger charge is 2.19. The van der Waals surface area contributed by atoms with Gasteiger partial charge in [0.05, 0.1) is 12.0 Å². The van der Waals surface area contributed by atoms with Crippen molar-refractivity contribution < 1.29 is 4.39 Å². The fraction of sp³-hybridized carbons (Fsp3) is 0.533. The lowest BCUT2D eigenvalue weighted by atomic mass is 9.83. The second kappa shape index (κ2) is 5.31. The average molecular weight is 231 g/mol. The molecule has 1 atom stereocenters. The van der Waals surface area contributed by atoms with E-state index in [0.29, 0.717) is 5.92 Å². The van der Waals surface area contributed by atoms with E-state index in [9.17, 15) is 4.39 Å². The summed E-state index contributed by atoms with van der Waals surface area (Å²) in [6.45, 7) is 1.80. The monoisotopic (exact) mass is 231 g/mol. The van der Waals surface area contributed by atoms with E-state index in [1.807, 2.05) is 12.1 Å². The van der Waals surface area contributed by atoms with Crippen LogP contribution in [0.2, 0.25) is 0 Å². The molecule has 0 heterocycles. The summed E-state index contributed by atoms with van der Waals surface area (Å²) in [5, 5.41) is 8.82. The van der Waals surface area contributed by atoms with Crippen LogP contribution in [0.25, 0.3) is 0 Å². The first-order valence-corrected chi connectivity index (χ1v) is 6.41. The summed E-state index contributed by atoms with van der Waals surface area (Å²) in [4.78, 5) is 0. The minimum Gasteiger partial charge on any atom is -0.207 e. The van der Waals surface area contributed by atoms with Gasteiger partial charge in [0.1, 0.15) is 5.82 Å². The Morgan fingerprint density at radius 3 is 2.59 bits per heavy atom. The molecule has 0 aromatic heterocycles. The maximum atomic E-state index is 14.0. The predicted octanol–water partition coefficient (Wildman–Crippen LogP) is 4.50. The number of rotatable bonds is 2. The van der Waals surface area contributed by atoms with E-state index in [1.165, 1.54) is 25.3 Å². The molecule has 0 amide bonds. The van der Waals surface area contributed by atoms with Gasteiger partial charge < -0.3 is 0 Å². The Kier molecular flexibility index (Phi) is 3.78. The van der Waals surface area contributed by atoms with E-state index in [4.69, 9.17) is 5.26 Å². The van der Waals surface area contributed by atoms with Crippen molar-refractivity contribution >= 4 is 0 Å². The first-order chi connectivity index (χ1) is 8.22. The predicted molar refractivity (Wildman–Crippen MR) is 66.3 cm³/mol. The summed E-state index contributed by atoms with van der Waals surface area (Å²) in [5.74, 6) is 0.0246. The molecule has 1 fully saturated rings. The lowest BCUT2D eigenvalue weighted by molar-refractivity contribution is 0.429. The van der Waals surface area contributed by atoms with Gasteiger partial charge in [-0.1, -0.05) is 31.4 Å². The number of benzene rings is 1. The highest BCUT2D eigenvalue weighted by Crippen LogP contribution is 2.34. The number of nitrogens with zero attached hydrogens (tertiary/aromatic N) is 1. The van der Waals surface area contributed by atoms with E-state index >= 15 is 0 Å². The number of halogens is 1. The summed E-state index contributed by atoms with van der Waals surface area (Å²) in [5.41, 5.74) is 1.63. The van der Waals surface area contributed by atoms with Gasteiger partial charge in [-0.2, -0.15) is 5.26 Å². The maximum absolute atomic E-state index is 14.0. The van der Waals surface area contributed by atoms with Crippen molar-refractivity contribution in [1.82, 2.24) is 0 Å². The molecule has 1 aliphatic rings. The molecule has 2 heteroatoms. The van der Waals surface area contributed by atoms with Crippen LogP contribution in [-0.2, 0) is 0 Å². The fourth-order valence-electron chi connectivity index (χ4n) is 2.63. The van der Waals surface area contributed by atoms with Crippen molar-refractivity contribution in [2.24, 2.45) is 0 Å². The third kappa shape index (κ3) is 2.66. The van der Waals surface area contributed by atoms with E-state index in [-0.39, 0.29) is 11.7 Å². The molecular formula is C15H18FN. The Labute approximate surface area is 102 Å². The van der Waals surface area contributed by atoms with Crippen LogP contribution in [0.1, 0.15) is 62.0 Å². The zero-order valence-corrected chi connectivity index (χ0v) is 10.2. The Hall–Kier alpha value is -1.36. The Morgan fingerprint density at radius 2 is 2.00 bits per heavy atom. The van der Waals surface area contributed by atoms with Crippen molar-refractivity contribution in [3.05, 3.63) is 35.1 Å².